The van der Waals surface area contributed by atoms with Gasteiger partial charge in [-0.25, -0.2) is 0 Å². The van der Waals surface area contributed by atoms with E-state index in [1.54, 1.807) is 0 Å². The number of aliphatic hydroxyl groups is 1. The lowest BCUT2D eigenvalue weighted by Crippen LogP contribution is -2.17. The van der Waals surface area contributed by atoms with Gasteiger partial charge in [0.25, 0.3) is 0 Å². The molecule has 0 unspecified atom stereocenters. The highest BCUT2D eigenvalue weighted by Gasteiger charge is 2.10. The maximum atomic E-state index is 9.58. The van der Waals surface area contributed by atoms with E-state index < -0.39 is 5.60 Å². The zero-order chi connectivity index (χ0) is 13.7. The lowest BCUT2D eigenvalue weighted by molar-refractivity contribution is 0.0680. The molecule has 0 aliphatic carbocycles. The highest BCUT2D eigenvalue weighted by Crippen LogP contribution is 2.15. The van der Waals surface area contributed by atoms with E-state index in [1.807, 2.05) is 13.8 Å². The van der Waals surface area contributed by atoms with Crippen LogP contribution in [0.15, 0.2) is 0 Å². The Kier molecular flexibility index (Phi) is 12.0. The largest absolute Gasteiger partial charge is 0.390 e. The summed E-state index contributed by atoms with van der Waals surface area (Å²) in [5.74, 6) is 0. The first-order valence-corrected chi connectivity index (χ1v) is 8.28. The predicted octanol–water partition coefficient (Wildman–Crippen LogP) is 5.85. The van der Waals surface area contributed by atoms with Crippen LogP contribution in [-0.4, -0.2) is 10.7 Å². The highest BCUT2D eigenvalue weighted by molar-refractivity contribution is 4.64. The van der Waals surface area contributed by atoms with Gasteiger partial charge in [-0.15, -0.1) is 0 Å². The minimum atomic E-state index is -0.460. The van der Waals surface area contributed by atoms with Gasteiger partial charge in [0.2, 0.25) is 0 Å². The molecule has 0 aromatic heterocycles. The Morgan fingerprint density at radius 2 is 0.944 bits per heavy atom. The molecule has 0 aromatic carbocycles. The normalized spacial score (nSPS) is 12.0. The summed E-state index contributed by atoms with van der Waals surface area (Å²) in [6.45, 7) is 6.09. The van der Waals surface area contributed by atoms with Gasteiger partial charge < -0.3 is 5.11 Å². The van der Waals surface area contributed by atoms with Crippen LogP contribution in [0.5, 0.6) is 0 Å². The number of rotatable bonds is 13. The third-order valence-electron chi connectivity index (χ3n) is 3.64. The Balaban J connectivity index is 2.99. The average molecular weight is 256 g/mol. The van der Waals surface area contributed by atoms with E-state index >= 15 is 0 Å². The van der Waals surface area contributed by atoms with Gasteiger partial charge in [0.05, 0.1) is 5.60 Å². The molecule has 18 heavy (non-hydrogen) atoms. The molecule has 0 saturated heterocycles. The maximum Gasteiger partial charge on any atom is 0.0591 e. The van der Waals surface area contributed by atoms with Gasteiger partial charge in [0, 0.05) is 0 Å². The van der Waals surface area contributed by atoms with E-state index in [-0.39, 0.29) is 0 Å². The number of hydrogen-bond donors (Lipinski definition) is 1. The van der Waals surface area contributed by atoms with Crippen LogP contribution in [0.2, 0.25) is 0 Å². The Bertz CT molecular complexity index is 157. The second-order valence-corrected chi connectivity index (χ2v) is 6.45. The van der Waals surface area contributed by atoms with Crippen molar-refractivity contribution in [1.82, 2.24) is 0 Å². The Morgan fingerprint density at radius 3 is 1.28 bits per heavy atom. The molecule has 0 atom stereocenters. The van der Waals surface area contributed by atoms with Crippen molar-refractivity contribution in [2.45, 2.75) is 110 Å². The summed E-state index contributed by atoms with van der Waals surface area (Å²) < 4.78 is 0. The van der Waals surface area contributed by atoms with E-state index in [2.05, 4.69) is 6.92 Å². The predicted molar refractivity (Wildman–Crippen MR) is 82.0 cm³/mol. The van der Waals surface area contributed by atoms with E-state index in [0.717, 1.165) is 6.42 Å². The zero-order valence-electron chi connectivity index (χ0n) is 13.1. The molecular weight excluding hydrogens is 220 g/mol. The van der Waals surface area contributed by atoms with Gasteiger partial charge in [0.1, 0.15) is 0 Å². The van der Waals surface area contributed by atoms with E-state index in [4.69, 9.17) is 0 Å². The fourth-order valence-corrected chi connectivity index (χ4v) is 2.40. The zero-order valence-corrected chi connectivity index (χ0v) is 13.1. The number of hydrogen-bond acceptors (Lipinski definition) is 1. The molecule has 0 saturated carbocycles. The SMILES string of the molecule is CCCCCCCCCCCCCCC(C)(C)O. The summed E-state index contributed by atoms with van der Waals surface area (Å²) >= 11 is 0. The molecule has 0 aliphatic rings. The quantitative estimate of drug-likeness (QED) is 0.410. The van der Waals surface area contributed by atoms with Crippen LogP contribution in [0, 0.1) is 0 Å². The van der Waals surface area contributed by atoms with Crippen molar-refractivity contribution < 1.29 is 5.11 Å². The van der Waals surface area contributed by atoms with Gasteiger partial charge in [-0.2, -0.15) is 0 Å². The Labute approximate surface area is 115 Å². The van der Waals surface area contributed by atoms with Crippen LogP contribution < -0.4 is 0 Å². The second-order valence-electron chi connectivity index (χ2n) is 6.45. The first kappa shape index (κ1) is 18.0. The molecule has 0 radical (unpaired) electrons. The summed E-state index contributed by atoms with van der Waals surface area (Å²) in [4.78, 5) is 0. The number of unbranched alkanes of at least 4 members (excludes halogenated alkanes) is 11. The van der Waals surface area contributed by atoms with Crippen molar-refractivity contribution in [2.24, 2.45) is 0 Å². The first-order valence-electron chi connectivity index (χ1n) is 8.28. The maximum absolute atomic E-state index is 9.58. The molecule has 0 spiro atoms. The van der Waals surface area contributed by atoms with Crippen LogP contribution in [-0.2, 0) is 0 Å². The van der Waals surface area contributed by atoms with Crippen LogP contribution >= 0.6 is 0 Å². The minimum Gasteiger partial charge on any atom is -0.390 e. The topological polar surface area (TPSA) is 20.2 Å². The Hall–Kier alpha value is -0.0400. The molecule has 0 bridgehead atoms. The van der Waals surface area contributed by atoms with Crippen molar-refractivity contribution in [3.05, 3.63) is 0 Å². The molecule has 0 fully saturated rings. The summed E-state index contributed by atoms with van der Waals surface area (Å²) in [6, 6.07) is 0. The summed E-state index contributed by atoms with van der Waals surface area (Å²) in [5, 5.41) is 9.58. The smallest absolute Gasteiger partial charge is 0.0591 e. The molecule has 1 N–H and O–H groups in total. The second kappa shape index (κ2) is 12.0. The Morgan fingerprint density at radius 1 is 0.611 bits per heavy atom. The summed E-state index contributed by atoms with van der Waals surface area (Å²) in [7, 11) is 0. The van der Waals surface area contributed by atoms with E-state index in [0.29, 0.717) is 0 Å². The van der Waals surface area contributed by atoms with E-state index in [1.165, 1.54) is 77.0 Å². The molecule has 0 rings (SSSR count). The van der Waals surface area contributed by atoms with Gasteiger partial charge in [-0.1, -0.05) is 84.0 Å². The first-order chi connectivity index (χ1) is 8.56. The van der Waals surface area contributed by atoms with Gasteiger partial charge in [0.15, 0.2) is 0 Å². The molecule has 1 heteroatoms. The van der Waals surface area contributed by atoms with Gasteiger partial charge >= 0.3 is 0 Å². The van der Waals surface area contributed by atoms with Crippen LogP contribution in [0.25, 0.3) is 0 Å². The lowest BCUT2D eigenvalue weighted by Gasteiger charge is -2.16. The molecular formula is C17H36O. The average Bonchev–Trinajstić information content (AvgIpc) is 2.29. The van der Waals surface area contributed by atoms with Crippen LogP contribution in [0.1, 0.15) is 104 Å². The molecule has 110 valence electrons. The van der Waals surface area contributed by atoms with Crippen LogP contribution in [0.4, 0.5) is 0 Å². The molecule has 0 heterocycles. The highest BCUT2D eigenvalue weighted by atomic mass is 16.3. The molecule has 1 nitrogen and oxygen atoms in total. The van der Waals surface area contributed by atoms with E-state index in [9.17, 15) is 5.11 Å². The standard InChI is InChI=1S/C17H36O/c1-4-5-6-7-8-9-10-11-12-13-14-15-16-17(2,3)18/h18H,4-16H2,1-3H3. The van der Waals surface area contributed by atoms with Crippen molar-refractivity contribution in [3.8, 4) is 0 Å². The minimum absolute atomic E-state index is 0.460. The van der Waals surface area contributed by atoms with Gasteiger partial charge in [-0.05, 0) is 20.3 Å². The molecule has 0 aliphatic heterocycles. The fourth-order valence-electron chi connectivity index (χ4n) is 2.40. The van der Waals surface area contributed by atoms with Gasteiger partial charge in [-0.3, -0.25) is 0 Å². The van der Waals surface area contributed by atoms with Crippen molar-refractivity contribution >= 4 is 0 Å². The third-order valence-corrected chi connectivity index (χ3v) is 3.64. The van der Waals surface area contributed by atoms with Crippen LogP contribution in [0.3, 0.4) is 0 Å². The fraction of sp³-hybridized carbons (Fsp3) is 1.00. The molecule has 0 aromatic rings. The van der Waals surface area contributed by atoms with Crippen molar-refractivity contribution in [1.29, 1.82) is 0 Å². The summed E-state index contributed by atoms with van der Waals surface area (Å²) in [6.07, 6.45) is 17.5. The monoisotopic (exact) mass is 256 g/mol. The summed E-state index contributed by atoms with van der Waals surface area (Å²) in [5.41, 5.74) is -0.460. The molecule has 0 amide bonds. The van der Waals surface area contributed by atoms with Crippen molar-refractivity contribution in [3.63, 3.8) is 0 Å². The van der Waals surface area contributed by atoms with Crippen molar-refractivity contribution in [2.75, 3.05) is 0 Å². The lowest BCUT2D eigenvalue weighted by atomic mass is 9.99. The third kappa shape index (κ3) is 16.0.